The Morgan fingerprint density at radius 1 is 1.11 bits per heavy atom. The SMILES string of the molecule is CC(=O)Nc1ccc(S(=O)(=O)NCC2CCN(C3CCOCC3)CC2)cc1. The first-order valence-electron chi connectivity index (χ1n) is 9.63. The van der Waals surface area contributed by atoms with Crippen LogP contribution < -0.4 is 10.0 Å². The number of nitrogens with zero attached hydrogens (tertiary/aromatic N) is 1. The van der Waals surface area contributed by atoms with Gasteiger partial charge in [-0.1, -0.05) is 0 Å². The molecule has 3 rings (SSSR count). The standard InChI is InChI=1S/C19H29N3O4S/c1-15(23)21-17-2-4-19(5-3-17)27(24,25)20-14-16-6-10-22(11-7-16)18-8-12-26-13-9-18/h2-5,16,18,20H,6-14H2,1H3,(H,21,23). The maximum absolute atomic E-state index is 12.5. The van der Waals surface area contributed by atoms with Crippen molar-refractivity contribution in [3.63, 3.8) is 0 Å². The van der Waals surface area contributed by atoms with Crippen LogP contribution in [-0.4, -0.2) is 58.1 Å². The molecule has 1 amide bonds. The van der Waals surface area contributed by atoms with Crippen LogP contribution in [0.1, 0.15) is 32.6 Å². The molecule has 1 aromatic carbocycles. The highest BCUT2D eigenvalue weighted by molar-refractivity contribution is 7.89. The number of carbonyl (C=O) groups excluding carboxylic acids is 1. The number of piperidine rings is 1. The second-order valence-electron chi connectivity index (χ2n) is 7.38. The summed E-state index contributed by atoms with van der Waals surface area (Å²) in [6.45, 7) is 5.65. The molecule has 2 saturated heterocycles. The Labute approximate surface area is 161 Å². The van der Waals surface area contributed by atoms with Crippen LogP contribution >= 0.6 is 0 Å². The highest BCUT2D eigenvalue weighted by atomic mass is 32.2. The van der Waals surface area contributed by atoms with Gasteiger partial charge < -0.3 is 15.0 Å². The monoisotopic (exact) mass is 395 g/mol. The van der Waals surface area contributed by atoms with E-state index in [1.54, 1.807) is 12.1 Å². The Hall–Kier alpha value is -1.48. The molecule has 1 aromatic rings. The van der Waals surface area contributed by atoms with E-state index >= 15 is 0 Å². The summed E-state index contributed by atoms with van der Waals surface area (Å²) in [7, 11) is -3.53. The van der Waals surface area contributed by atoms with E-state index in [2.05, 4.69) is 14.9 Å². The van der Waals surface area contributed by atoms with Crippen LogP contribution in [0.2, 0.25) is 0 Å². The van der Waals surface area contributed by atoms with Gasteiger partial charge in [0.15, 0.2) is 0 Å². The lowest BCUT2D eigenvalue weighted by atomic mass is 9.94. The van der Waals surface area contributed by atoms with Crippen LogP contribution in [0.4, 0.5) is 5.69 Å². The van der Waals surface area contributed by atoms with E-state index in [-0.39, 0.29) is 10.8 Å². The lowest BCUT2D eigenvalue weighted by Crippen LogP contribution is -2.45. The highest BCUT2D eigenvalue weighted by Crippen LogP contribution is 2.23. The summed E-state index contributed by atoms with van der Waals surface area (Å²) in [5.74, 6) is 0.186. The number of hydrogen-bond donors (Lipinski definition) is 2. The van der Waals surface area contributed by atoms with Crippen LogP contribution in [0.3, 0.4) is 0 Å². The van der Waals surface area contributed by atoms with Gasteiger partial charge in [0.05, 0.1) is 4.90 Å². The lowest BCUT2D eigenvalue weighted by molar-refractivity contribution is -0.114. The number of nitrogens with one attached hydrogen (secondary N) is 2. The summed E-state index contributed by atoms with van der Waals surface area (Å²) < 4.78 is 33.2. The maximum Gasteiger partial charge on any atom is 0.240 e. The zero-order valence-electron chi connectivity index (χ0n) is 15.8. The number of amides is 1. The molecule has 2 aliphatic heterocycles. The molecule has 2 N–H and O–H groups in total. The molecule has 8 heteroatoms. The van der Waals surface area contributed by atoms with Crippen molar-refractivity contribution in [1.82, 2.24) is 9.62 Å². The molecule has 0 bridgehead atoms. The molecule has 0 unspecified atom stereocenters. The van der Waals surface area contributed by atoms with Gasteiger partial charge in [-0.15, -0.1) is 0 Å². The van der Waals surface area contributed by atoms with Gasteiger partial charge in [-0.2, -0.15) is 0 Å². The average Bonchev–Trinajstić information content (AvgIpc) is 2.67. The molecule has 2 aliphatic rings. The highest BCUT2D eigenvalue weighted by Gasteiger charge is 2.27. The molecule has 0 saturated carbocycles. The first-order valence-corrected chi connectivity index (χ1v) is 11.1. The maximum atomic E-state index is 12.5. The summed E-state index contributed by atoms with van der Waals surface area (Å²) in [4.78, 5) is 13.8. The predicted octanol–water partition coefficient (Wildman–Crippen LogP) is 1.81. The summed E-state index contributed by atoms with van der Waals surface area (Å²) in [6.07, 6.45) is 4.24. The number of rotatable bonds is 6. The normalized spacial score (nSPS) is 20.5. The molecule has 7 nitrogen and oxygen atoms in total. The van der Waals surface area contributed by atoms with E-state index in [0.717, 1.165) is 52.0 Å². The minimum Gasteiger partial charge on any atom is -0.381 e. The Kier molecular flexibility index (Phi) is 6.86. The largest absolute Gasteiger partial charge is 0.381 e. The zero-order valence-corrected chi connectivity index (χ0v) is 16.6. The number of hydrogen-bond acceptors (Lipinski definition) is 5. The van der Waals surface area contributed by atoms with Gasteiger partial charge in [0.25, 0.3) is 0 Å². The number of ether oxygens (including phenoxy) is 1. The molecular weight excluding hydrogens is 366 g/mol. The summed E-state index contributed by atoms with van der Waals surface area (Å²) in [5, 5.41) is 2.63. The fraction of sp³-hybridized carbons (Fsp3) is 0.632. The summed E-state index contributed by atoms with van der Waals surface area (Å²) in [5.41, 5.74) is 0.585. The van der Waals surface area contributed by atoms with Crippen LogP contribution in [0.25, 0.3) is 0 Å². The van der Waals surface area contributed by atoms with Crippen molar-refractivity contribution in [2.45, 2.75) is 43.5 Å². The molecule has 0 spiro atoms. The average molecular weight is 396 g/mol. The summed E-state index contributed by atoms with van der Waals surface area (Å²) in [6, 6.07) is 6.85. The molecule has 150 valence electrons. The van der Waals surface area contributed by atoms with Crippen molar-refractivity contribution in [1.29, 1.82) is 0 Å². The Morgan fingerprint density at radius 3 is 2.33 bits per heavy atom. The number of benzene rings is 1. The quantitative estimate of drug-likeness (QED) is 0.767. The van der Waals surface area contributed by atoms with Crippen molar-refractivity contribution in [3.8, 4) is 0 Å². The Bertz CT molecular complexity index is 722. The lowest BCUT2D eigenvalue weighted by Gasteiger charge is -2.39. The Morgan fingerprint density at radius 2 is 1.74 bits per heavy atom. The molecule has 0 aliphatic carbocycles. The molecule has 2 fully saturated rings. The van der Waals surface area contributed by atoms with Crippen molar-refractivity contribution in [3.05, 3.63) is 24.3 Å². The van der Waals surface area contributed by atoms with Crippen LogP contribution in [-0.2, 0) is 19.6 Å². The first-order chi connectivity index (χ1) is 12.9. The molecule has 2 heterocycles. The fourth-order valence-electron chi connectivity index (χ4n) is 3.80. The third-order valence-corrected chi connectivity index (χ3v) is 6.84. The first kappa shape index (κ1) is 20.3. The van der Waals surface area contributed by atoms with Crippen LogP contribution in [0.15, 0.2) is 29.2 Å². The second kappa shape index (κ2) is 9.14. The number of likely N-dealkylation sites (tertiary alicyclic amines) is 1. The van der Waals surface area contributed by atoms with Crippen molar-refractivity contribution in [2.75, 3.05) is 38.2 Å². The topological polar surface area (TPSA) is 87.7 Å². The number of carbonyl (C=O) groups is 1. The fourth-order valence-corrected chi connectivity index (χ4v) is 4.92. The molecule has 0 atom stereocenters. The smallest absolute Gasteiger partial charge is 0.240 e. The molecule has 27 heavy (non-hydrogen) atoms. The molecule has 0 aromatic heterocycles. The third kappa shape index (κ3) is 5.75. The van der Waals surface area contributed by atoms with Gasteiger partial charge in [0.1, 0.15) is 0 Å². The van der Waals surface area contributed by atoms with Crippen molar-refractivity contribution < 1.29 is 17.9 Å². The minimum atomic E-state index is -3.53. The van der Waals surface area contributed by atoms with Crippen molar-refractivity contribution >= 4 is 21.6 Å². The predicted molar refractivity (Wildman–Crippen MR) is 104 cm³/mol. The van der Waals surface area contributed by atoms with Gasteiger partial charge in [-0.05, 0) is 69.0 Å². The summed E-state index contributed by atoms with van der Waals surface area (Å²) >= 11 is 0. The third-order valence-electron chi connectivity index (χ3n) is 5.40. The second-order valence-corrected chi connectivity index (χ2v) is 9.15. The van der Waals surface area contributed by atoms with E-state index in [0.29, 0.717) is 24.2 Å². The van der Waals surface area contributed by atoms with Gasteiger partial charge in [0, 0.05) is 38.4 Å². The van der Waals surface area contributed by atoms with Gasteiger partial charge in [-0.3, -0.25) is 4.79 Å². The molecular formula is C19H29N3O4S. The number of anilines is 1. The van der Waals surface area contributed by atoms with Crippen molar-refractivity contribution in [2.24, 2.45) is 5.92 Å². The number of sulfonamides is 1. The van der Waals surface area contributed by atoms with E-state index in [1.165, 1.54) is 19.1 Å². The van der Waals surface area contributed by atoms with Gasteiger partial charge in [-0.25, -0.2) is 13.1 Å². The van der Waals surface area contributed by atoms with Crippen LogP contribution in [0.5, 0.6) is 0 Å². The van der Waals surface area contributed by atoms with E-state index in [4.69, 9.17) is 4.74 Å². The van der Waals surface area contributed by atoms with E-state index in [1.807, 2.05) is 0 Å². The minimum absolute atomic E-state index is 0.184. The van der Waals surface area contributed by atoms with Crippen LogP contribution in [0, 0.1) is 5.92 Å². The zero-order chi connectivity index (χ0) is 19.3. The van der Waals surface area contributed by atoms with Gasteiger partial charge >= 0.3 is 0 Å². The molecule has 0 radical (unpaired) electrons. The van der Waals surface area contributed by atoms with Gasteiger partial charge in [0.2, 0.25) is 15.9 Å². The van der Waals surface area contributed by atoms with E-state index in [9.17, 15) is 13.2 Å². The van der Waals surface area contributed by atoms with E-state index < -0.39 is 10.0 Å². The Balaban J connectivity index is 1.47.